The molecule has 130 valence electrons. The highest BCUT2D eigenvalue weighted by molar-refractivity contribution is 5.95. The minimum atomic E-state index is -0.532. The van der Waals surface area contributed by atoms with Gasteiger partial charge in [0.15, 0.2) is 6.61 Å². The van der Waals surface area contributed by atoms with Crippen LogP contribution in [0, 0.1) is 0 Å². The molecule has 0 radical (unpaired) electrons. The zero-order valence-corrected chi connectivity index (χ0v) is 14.1. The van der Waals surface area contributed by atoms with Gasteiger partial charge in [0.2, 0.25) is 0 Å². The monoisotopic (exact) mass is 331 g/mol. The van der Waals surface area contributed by atoms with Crippen LogP contribution in [0.1, 0.15) is 36.0 Å². The number of nitrogens with zero attached hydrogens (tertiary/aromatic N) is 2. The van der Waals surface area contributed by atoms with E-state index in [-0.39, 0.29) is 12.5 Å². The van der Waals surface area contributed by atoms with Gasteiger partial charge in [0, 0.05) is 24.2 Å². The van der Waals surface area contributed by atoms with Crippen molar-refractivity contribution < 1.29 is 14.3 Å². The highest BCUT2D eigenvalue weighted by Gasteiger charge is 2.38. The Morgan fingerprint density at radius 1 is 1.21 bits per heavy atom. The molecule has 2 fully saturated rings. The highest BCUT2D eigenvalue weighted by Crippen LogP contribution is 2.30. The van der Waals surface area contributed by atoms with Crippen molar-refractivity contribution in [1.82, 2.24) is 9.80 Å². The van der Waals surface area contributed by atoms with Crippen LogP contribution < -0.4 is 10.5 Å². The van der Waals surface area contributed by atoms with Crippen LogP contribution in [-0.2, 0) is 4.79 Å². The third-order valence-electron chi connectivity index (χ3n) is 5.04. The molecule has 3 rings (SSSR count). The smallest absolute Gasteiger partial charge is 0.255 e. The van der Waals surface area contributed by atoms with Gasteiger partial charge in [-0.1, -0.05) is 6.07 Å². The van der Waals surface area contributed by atoms with Crippen molar-refractivity contribution in [3.63, 3.8) is 0 Å². The van der Waals surface area contributed by atoms with Gasteiger partial charge in [-0.05, 0) is 57.5 Å². The summed E-state index contributed by atoms with van der Waals surface area (Å²) in [5, 5.41) is 0. The molecule has 2 N–H and O–H groups in total. The van der Waals surface area contributed by atoms with Gasteiger partial charge in [-0.15, -0.1) is 0 Å². The van der Waals surface area contributed by atoms with Gasteiger partial charge in [-0.3, -0.25) is 9.59 Å². The van der Waals surface area contributed by atoms with Crippen LogP contribution in [0.5, 0.6) is 5.75 Å². The number of ether oxygens (including phenoxy) is 1. The predicted octanol–water partition coefficient (Wildman–Crippen LogP) is 1.25. The average molecular weight is 331 g/mol. The number of nitrogens with two attached hydrogens (primary N) is 1. The quantitative estimate of drug-likeness (QED) is 0.881. The topological polar surface area (TPSA) is 75.9 Å². The number of amides is 2. The minimum absolute atomic E-state index is 0.0438. The summed E-state index contributed by atoms with van der Waals surface area (Å²) in [5.74, 6) is 0.00585. The number of hydrogen-bond acceptors (Lipinski definition) is 4. The Hall–Kier alpha value is -2.08. The normalized spacial score (nSPS) is 24.3. The number of carbonyl (C=O) groups excluding carboxylic acids is 2. The summed E-state index contributed by atoms with van der Waals surface area (Å²) >= 11 is 0. The molecule has 2 amide bonds. The number of carbonyl (C=O) groups is 2. The van der Waals surface area contributed by atoms with Crippen molar-refractivity contribution in [2.75, 3.05) is 26.7 Å². The van der Waals surface area contributed by atoms with Crippen molar-refractivity contribution in [1.29, 1.82) is 0 Å². The molecule has 24 heavy (non-hydrogen) atoms. The second kappa shape index (κ2) is 7.21. The molecule has 0 bridgehead atoms. The lowest BCUT2D eigenvalue weighted by atomic mass is 10.0. The Balaban J connectivity index is 1.73. The van der Waals surface area contributed by atoms with E-state index in [0.717, 1.165) is 32.4 Å². The lowest BCUT2D eigenvalue weighted by Gasteiger charge is -2.33. The van der Waals surface area contributed by atoms with Crippen molar-refractivity contribution in [3.05, 3.63) is 29.8 Å². The first-order chi connectivity index (χ1) is 11.6. The summed E-state index contributed by atoms with van der Waals surface area (Å²) in [4.78, 5) is 28.2. The second-order valence-corrected chi connectivity index (χ2v) is 6.68. The van der Waals surface area contributed by atoms with Gasteiger partial charge in [0.05, 0.1) is 0 Å². The molecular formula is C18H25N3O3. The van der Waals surface area contributed by atoms with E-state index in [0.29, 0.717) is 23.4 Å². The fraction of sp³-hybridized carbons (Fsp3) is 0.556. The number of likely N-dealkylation sites (N-methyl/N-ethyl adjacent to an activating group) is 1. The van der Waals surface area contributed by atoms with Crippen LogP contribution in [0.25, 0.3) is 0 Å². The van der Waals surface area contributed by atoms with E-state index >= 15 is 0 Å². The summed E-state index contributed by atoms with van der Waals surface area (Å²) in [6, 6.07) is 7.75. The molecule has 2 heterocycles. The first-order valence-corrected chi connectivity index (χ1v) is 8.58. The van der Waals surface area contributed by atoms with Crippen LogP contribution in [0.4, 0.5) is 0 Å². The molecule has 0 spiro atoms. The Kier molecular flexibility index (Phi) is 5.04. The maximum absolute atomic E-state index is 13.0. The molecule has 1 aromatic carbocycles. The zero-order chi connectivity index (χ0) is 17.1. The van der Waals surface area contributed by atoms with E-state index in [4.69, 9.17) is 10.5 Å². The van der Waals surface area contributed by atoms with Crippen LogP contribution in [-0.4, -0.2) is 60.4 Å². The van der Waals surface area contributed by atoms with Crippen LogP contribution in [0.3, 0.4) is 0 Å². The van der Waals surface area contributed by atoms with Crippen LogP contribution in [0.2, 0.25) is 0 Å². The molecule has 0 aromatic heterocycles. The lowest BCUT2D eigenvalue weighted by Crippen LogP contribution is -2.47. The molecule has 2 saturated heterocycles. The van der Waals surface area contributed by atoms with Crippen LogP contribution in [0.15, 0.2) is 24.3 Å². The zero-order valence-electron chi connectivity index (χ0n) is 14.1. The summed E-state index contributed by atoms with van der Waals surface area (Å²) < 4.78 is 5.31. The molecule has 0 saturated carbocycles. The van der Waals surface area contributed by atoms with Crippen LogP contribution >= 0.6 is 0 Å². The van der Waals surface area contributed by atoms with Gasteiger partial charge in [0.1, 0.15) is 5.75 Å². The SMILES string of the molecule is CN1CCCC1C1CCCN1C(=O)c1cccc(OCC(N)=O)c1. The first-order valence-electron chi connectivity index (χ1n) is 8.58. The standard InChI is InChI=1S/C18H25N3O3/c1-20-9-3-7-15(20)16-8-4-10-21(16)18(23)13-5-2-6-14(11-13)24-12-17(19)22/h2,5-6,11,15-16H,3-4,7-10,12H2,1H3,(H2,19,22). The minimum Gasteiger partial charge on any atom is -0.484 e. The van der Waals surface area contributed by atoms with Crippen molar-refractivity contribution in [2.45, 2.75) is 37.8 Å². The number of likely N-dealkylation sites (tertiary alicyclic amines) is 2. The maximum Gasteiger partial charge on any atom is 0.255 e. The van der Waals surface area contributed by atoms with Gasteiger partial charge in [-0.25, -0.2) is 0 Å². The molecule has 2 aliphatic heterocycles. The Bertz CT molecular complexity index is 619. The largest absolute Gasteiger partial charge is 0.484 e. The van der Waals surface area contributed by atoms with E-state index in [1.807, 2.05) is 4.90 Å². The lowest BCUT2D eigenvalue weighted by molar-refractivity contribution is -0.119. The summed E-state index contributed by atoms with van der Waals surface area (Å²) in [5.41, 5.74) is 5.70. The molecular weight excluding hydrogens is 306 g/mol. The molecule has 2 aliphatic rings. The number of primary amides is 1. The number of rotatable bonds is 5. The predicted molar refractivity (Wildman–Crippen MR) is 90.8 cm³/mol. The highest BCUT2D eigenvalue weighted by atomic mass is 16.5. The third kappa shape index (κ3) is 3.53. The van der Waals surface area contributed by atoms with E-state index in [1.54, 1.807) is 24.3 Å². The fourth-order valence-electron chi connectivity index (χ4n) is 3.91. The molecule has 6 heteroatoms. The Labute approximate surface area is 142 Å². The Morgan fingerprint density at radius 3 is 2.67 bits per heavy atom. The van der Waals surface area contributed by atoms with Gasteiger partial charge < -0.3 is 20.3 Å². The maximum atomic E-state index is 13.0. The van der Waals surface area contributed by atoms with Crippen molar-refractivity contribution >= 4 is 11.8 Å². The first kappa shape index (κ1) is 16.8. The summed E-state index contributed by atoms with van der Waals surface area (Å²) in [6.45, 7) is 1.73. The summed E-state index contributed by atoms with van der Waals surface area (Å²) in [7, 11) is 2.15. The van der Waals surface area contributed by atoms with E-state index < -0.39 is 5.91 Å². The summed E-state index contributed by atoms with van der Waals surface area (Å²) in [6.07, 6.45) is 4.49. The Morgan fingerprint density at radius 2 is 1.96 bits per heavy atom. The van der Waals surface area contributed by atoms with Crippen molar-refractivity contribution in [2.24, 2.45) is 5.73 Å². The second-order valence-electron chi connectivity index (χ2n) is 6.68. The average Bonchev–Trinajstić information content (AvgIpc) is 3.20. The fourth-order valence-corrected chi connectivity index (χ4v) is 3.91. The number of benzene rings is 1. The van der Waals surface area contributed by atoms with Gasteiger partial charge >= 0.3 is 0 Å². The van der Waals surface area contributed by atoms with E-state index in [2.05, 4.69) is 11.9 Å². The van der Waals surface area contributed by atoms with Gasteiger partial charge in [0.25, 0.3) is 11.8 Å². The third-order valence-corrected chi connectivity index (χ3v) is 5.04. The molecule has 2 atom stereocenters. The molecule has 0 aliphatic carbocycles. The van der Waals surface area contributed by atoms with E-state index in [9.17, 15) is 9.59 Å². The molecule has 6 nitrogen and oxygen atoms in total. The van der Waals surface area contributed by atoms with Crippen molar-refractivity contribution in [3.8, 4) is 5.75 Å². The van der Waals surface area contributed by atoms with Gasteiger partial charge in [-0.2, -0.15) is 0 Å². The molecule has 2 unspecified atom stereocenters. The van der Waals surface area contributed by atoms with E-state index in [1.165, 1.54) is 6.42 Å². The molecule has 1 aromatic rings. The number of hydrogen-bond donors (Lipinski definition) is 1.